The number of ether oxygens (including phenoxy) is 1. The second-order valence-corrected chi connectivity index (χ2v) is 6.29. The van der Waals surface area contributed by atoms with Crippen molar-refractivity contribution in [3.8, 4) is 5.75 Å². The maximum atomic E-state index is 12.2. The molecule has 1 aromatic carbocycles. The average molecular weight is 389 g/mol. The summed E-state index contributed by atoms with van der Waals surface area (Å²) in [5, 5.41) is 15.6. The van der Waals surface area contributed by atoms with E-state index >= 15 is 0 Å². The molecule has 0 aliphatic rings. The van der Waals surface area contributed by atoms with Crippen LogP contribution in [0.25, 0.3) is 0 Å². The Morgan fingerprint density at radius 2 is 1.85 bits per heavy atom. The van der Waals surface area contributed by atoms with Crippen LogP contribution in [0.2, 0.25) is 0 Å². The number of aliphatic imine (C=N–C) groups is 1. The number of halogens is 3. The van der Waals surface area contributed by atoms with Crippen LogP contribution in [0.5, 0.6) is 5.75 Å². The monoisotopic (exact) mass is 389 g/mol. The fourth-order valence-electron chi connectivity index (χ4n) is 2.55. The zero-order chi connectivity index (χ0) is 20.1. The summed E-state index contributed by atoms with van der Waals surface area (Å²) in [6.07, 6.45) is -1.50. The molecule has 27 heavy (non-hydrogen) atoms. The van der Waals surface area contributed by atoms with Crippen molar-refractivity contribution in [2.24, 2.45) is 10.9 Å². The van der Waals surface area contributed by atoms with Gasteiger partial charge < -0.3 is 20.5 Å². The zero-order valence-electron chi connectivity index (χ0n) is 16.0. The molecule has 0 fully saturated rings. The van der Waals surface area contributed by atoms with E-state index in [0.717, 1.165) is 31.4 Å². The van der Waals surface area contributed by atoms with Crippen LogP contribution in [0.15, 0.2) is 29.3 Å². The SMILES string of the molecule is CCCC(CCO)CNC(=NCc1ccc(OCC(F)(F)F)cc1)NCC. The third-order valence-electron chi connectivity index (χ3n) is 3.88. The Labute approximate surface area is 159 Å². The van der Waals surface area contributed by atoms with Crippen LogP contribution in [0.4, 0.5) is 13.2 Å². The Bertz CT molecular complexity index is 542. The molecule has 1 aromatic rings. The van der Waals surface area contributed by atoms with Gasteiger partial charge in [-0.25, -0.2) is 4.99 Å². The van der Waals surface area contributed by atoms with Crippen molar-refractivity contribution in [2.45, 2.75) is 45.8 Å². The first-order chi connectivity index (χ1) is 12.9. The molecule has 0 radical (unpaired) electrons. The van der Waals surface area contributed by atoms with Crippen molar-refractivity contribution in [3.63, 3.8) is 0 Å². The number of aliphatic hydroxyl groups is 1. The molecule has 1 unspecified atom stereocenters. The number of nitrogens with one attached hydrogen (secondary N) is 2. The van der Waals surface area contributed by atoms with E-state index in [9.17, 15) is 13.2 Å². The number of rotatable bonds is 11. The standard InChI is InChI=1S/C19H30F3N3O2/c1-3-5-15(10-11-26)12-24-18(23-4-2)25-13-16-6-8-17(9-7-16)27-14-19(20,21)22/h6-9,15,26H,3-5,10-14H2,1-2H3,(H2,23,24,25). The summed E-state index contributed by atoms with van der Waals surface area (Å²) >= 11 is 0. The molecule has 0 saturated heterocycles. The maximum Gasteiger partial charge on any atom is 0.422 e. The molecule has 3 N–H and O–H groups in total. The van der Waals surface area contributed by atoms with Gasteiger partial charge in [-0.2, -0.15) is 13.2 Å². The first-order valence-electron chi connectivity index (χ1n) is 9.29. The molecule has 5 nitrogen and oxygen atoms in total. The number of hydrogen-bond acceptors (Lipinski definition) is 3. The van der Waals surface area contributed by atoms with E-state index in [1.165, 1.54) is 12.1 Å². The van der Waals surface area contributed by atoms with Gasteiger partial charge in [-0.15, -0.1) is 0 Å². The van der Waals surface area contributed by atoms with Crippen molar-refractivity contribution in [1.82, 2.24) is 10.6 Å². The Hall–Kier alpha value is -1.96. The van der Waals surface area contributed by atoms with Crippen molar-refractivity contribution >= 4 is 5.96 Å². The molecule has 0 aliphatic carbocycles. The van der Waals surface area contributed by atoms with Crippen LogP contribution in [-0.2, 0) is 6.54 Å². The zero-order valence-corrected chi connectivity index (χ0v) is 16.0. The van der Waals surface area contributed by atoms with Gasteiger partial charge in [0.15, 0.2) is 12.6 Å². The van der Waals surface area contributed by atoms with Gasteiger partial charge in [0.1, 0.15) is 5.75 Å². The summed E-state index contributed by atoms with van der Waals surface area (Å²) in [4.78, 5) is 4.50. The van der Waals surface area contributed by atoms with Crippen molar-refractivity contribution in [1.29, 1.82) is 0 Å². The van der Waals surface area contributed by atoms with Crippen molar-refractivity contribution in [3.05, 3.63) is 29.8 Å². The van der Waals surface area contributed by atoms with Crippen LogP contribution in [-0.4, -0.2) is 43.5 Å². The molecule has 0 saturated carbocycles. The van der Waals surface area contributed by atoms with E-state index in [4.69, 9.17) is 9.84 Å². The Morgan fingerprint density at radius 3 is 2.41 bits per heavy atom. The van der Waals surface area contributed by atoms with E-state index in [0.29, 0.717) is 25.0 Å². The minimum Gasteiger partial charge on any atom is -0.484 e. The Kier molecular flexibility index (Phi) is 10.6. The molecule has 1 atom stereocenters. The third kappa shape index (κ3) is 10.7. The number of benzene rings is 1. The van der Waals surface area contributed by atoms with Gasteiger partial charge in [0.05, 0.1) is 6.54 Å². The summed E-state index contributed by atoms with van der Waals surface area (Å²) in [6, 6.07) is 6.42. The van der Waals surface area contributed by atoms with Crippen LogP contribution < -0.4 is 15.4 Å². The lowest BCUT2D eigenvalue weighted by atomic mass is 10.0. The first-order valence-corrected chi connectivity index (χ1v) is 9.29. The molecular formula is C19H30F3N3O2. The topological polar surface area (TPSA) is 65.9 Å². The average Bonchev–Trinajstić information content (AvgIpc) is 2.62. The highest BCUT2D eigenvalue weighted by atomic mass is 19.4. The summed E-state index contributed by atoms with van der Waals surface area (Å²) in [5.74, 6) is 1.24. The molecule has 0 amide bonds. The molecule has 154 valence electrons. The Morgan fingerprint density at radius 1 is 1.15 bits per heavy atom. The largest absolute Gasteiger partial charge is 0.484 e. The highest BCUT2D eigenvalue weighted by Gasteiger charge is 2.28. The number of hydrogen-bond donors (Lipinski definition) is 3. The van der Waals surface area contributed by atoms with Gasteiger partial charge in [0, 0.05) is 19.7 Å². The highest BCUT2D eigenvalue weighted by Crippen LogP contribution is 2.19. The number of aliphatic hydroxyl groups excluding tert-OH is 1. The van der Waals surface area contributed by atoms with E-state index in [1.54, 1.807) is 12.1 Å². The normalized spacial score (nSPS) is 13.3. The van der Waals surface area contributed by atoms with Crippen molar-refractivity contribution in [2.75, 3.05) is 26.3 Å². The molecule has 0 aromatic heterocycles. The lowest BCUT2D eigenvalue weighted by Crippen LogP contribution is -2.40. The summed E-state index contributed by atoms with van der Waals surface area (Å²) in [7, 11) is 0. The van der Waals surface area contributed by atoms with Gasteiger partial charge in [-0.05, 0) is 43.4 Å². The predicted molar refractivity (Wildman–Crippen MR) is 101 cm³/mol. The molecule has 0 spiro atoms. The quantitative estimate of drug-likeness (QED) is 0.400. The van der Waals surface area contributed by atoms with Gasteiger partial charge in [-0.3, -0.25) is 0 Å². The van der Waals surface area contributed by atoms with Gasteiger partial charge in [0.25, 0.3) is 0 Å². The van der Waals surface area contributed by atoms with E-state index in [2.05, 4.69) is 22.5 Å². The minimum atomic E-state index is -4.35. The summed E-state index contributed by atoms with van der Waals surface area (Å²) < 4.78 is 41.2. The maximum absolute atomic E-state index is 12.2. The molecule has 0 bridgehead atoms. The number of nitrogens with zero attached hydrogens (tertiary/aromatic N) is 1. The van der Waals surface area contributed by atoms with Gasteiger partial charge >= 0.3 is 6.18 Å². The number of alkyl halides is 3. The lowest BCUT2D eigenvalue weighted by molar-refractivity contribution is -0.153. The van der Waals surface area contributed by atoms with Crippen LogP contribution >= 0.6 is 0 Å². The second kappa shape index (κ2) is 12.4. The van der Waals surface area contributed by atoms with Crippen LogP contribution in [0.1, 0.15) is 38.7 Å². The fourth-order valence-corrected chi connectivity index (χ4v) is 2.55. The van der Waals surface area contributed by atoms with Crippen LogP contribution in [0.3, 0.4) is 0 Å². The second-order valence-electron chi connectivity index (χ2n) is 6.29. The molecular weight excluding hydrogens is 359 g/mol. The third-order valence-corrected chi connectivity index (χ3v) is 3.88. The summed E-state index contributed by atoms with van der Waals surface area (Å²) in [6.45, 7) is 4.80. The Balaban J connectivity index is 2.58. The van der Waals surface area contributed by atoms with Gasteiger partial charge in [0.2, 0.25) is 0 Å². The highest BCUT2D eigenvalue weighted by molar-refractivity contribution is 5.79. The van der Waals surface area contributed by atoms with Gasteiger partial charge in [-0.1, -0.05) is 25.5 Å². The van der Waals surface area contributed by atoms with E-state index in [1.807, 2.05) is 6.92 Å². The first kappa shape index (κ1) is 23.1. The molecule has 0 aliphatic heterocycles. The minimum absolute atomic E-state index is 0.169. The number of guanidine groups is 1. The smallest absolute Gasteiger partial charge is 0.422 e. The molecule has 0 heterocycles. The van der Waals surface area contributed by atoms with E-state index in [-0.39, 0.29) is 12.4 Å². The van der Waals surface area contributed by atoms with Crippen LogP contribution in [0, 0.1) is 5.92 Å². The predicted octanol–water partition coefficient (Wildman–Crippen LogP) is 3.48. The lowest BCUT2D eigenvalue weighted by Gasteiger charge is -2.18. The molecule has 1 rings (SSSR count). The molecule has 8 heteroatoms. The summed E-state index contributed by atoms with van der Waals surface area (Å²) in [5.41, 5.74) is 0.868. The fraction of sp³-hybridized carbons (Fsp3) is 0.632. The van der Waals surface area contributed by atoms with E-state index < -0.39 is 12.8 Å². The van der Waals surface area contributed by atoms with Crippen molar-refractivity contribution < 1.29 is 23.0 Å².